The molecule has 5 rings (SSSR count). The maximum absolute atomic E-state index is 12.8. The molecule has 1 aromatic carbocycles. The largest absolute Gasteiger partial charge is 0.352 e. The molecule has 8 atom stereocenters. The molecular formula is C31H47NO. The number of hydrogen-bond acceptors (Lipinski definition) is 1. The molecule has 8 unspecified atom stereocenters. The van der Waals surface area contributed by atoms with Crippen LogP contribution >= 0.6 is 0 Å². The van der Waals surface area contributed by atoms with Crippen LogP contribution in [0.3, 0.4) is 0 Å². The van der Waals surface area contributed by atoms with Crippen LogP contribution in [0.2, 0.25) is 0 Å². The normalized spacial score (nSPS) is 44.8. The van der Waals surface area contributed by atoms with Gasteiger partial charge < -0.3 is 5.32 Å². The topological polar surface area (TPSA) is 29.1 Å². The van der Waals surface area contributed by atoms with Gasteiger partial charge in [0.1, 0.15) is 0 Å². The summed E-state index contributed by atoms with van der Waals surface area (Å²) in [6, 6.07) is 9.76. The molecule has 0 heterocycles. The molecule has 0 radical (unpaired) electrons. The maximum Gasteiger partial charge on any atom is 0.251 e. The van der Waals surface area contributed by atoms with Gasteiger partial charge in [-0.3, -0.25) is 4.79 Å². The van der Waals surface area contributed by atoms with E-state index in [1.807, 2.05) is 30.3 Å². The van der Waals surface area contributed by atoms with Crippen LogP contribution in [-0.4, -0.2) is 12.5 Å². The Kier molecular flexibility index (Phi) is 6.19. The quantitative estimate of drug-likeness (QED) is 0.497. The number of carbonyl (C=O) groups is 1. The van der Waals surface area contributed by atoms with Crippen LogP contribution in [-0.2, 0) is 0 Å². The van der Waals surface area contributed by atoms with E-state index in [1.54, 1.807) is 0 Å². The Morgan fingerprint density at radius 2 is 1.76 bits per heavy atom. The number of benzene rings is 1. The summed E-state index contributed by atoms with van der Waals surface area (Å²) in [4.78, 5) is 12.8. The van der Waals surface area contributed by atoms with E-state index in [0.717, 1.165) is 35.8 Å². The molecule has 0 spiro atoms. The van der Waals surface area contributed by atoms with Crippen LogP contribution in [0.1, 0.15) is 109 Å². The zero-order chi connectivity index (χ0) is 23.3. The molecule has 4 aliphatic rings. The minimum atomic E-state index is 0.102. The Bertz CT molecular complexity index is 850. The van der Waals surface area contributed by atoms with Gasteiger partial charge in [-0.25, -0.2) is 0 Å². The van der Waals surface area contributed by atoms with E-state index in [0.29, 0.717) is 22.2 Å². The first-order valence-corrected chi connectivity index (χ1v) is 14.2. The molecule has 1 amide bonds. The average Bonchev–Trinajstić information content (AvgIpc) is 2.82. The Morgan fingerprint density at radius 1 is 0.970 bits per heavy atom. The highest BCUT2D eigenvalue weighted by Crippen LogP contribution is 2.71. The summed E-state index contributed by atoms with van der Waals surface area (Å²) in [5.41, 5.74) is 2.33. The van der Waals surface area contributed by atoms with Crippen molar-refractivity contribution in [2.75, 3.05) is 6.54 Å². The van der Waals surface area contributed by atoms with Crippen molar-refractivity contribution in [3.63, 3.8) is 0 Å². The fourth-order valence-corrected chi connectivity index (χ4v) is 10.1. The van der Waals surface area contributed by atoms with Gasteiger partial charge in [0, 0.05) is 12.1 Å². The van der Waals surface area contributed by atoms with Crippen LogP contribution in [0.5, 0.6) is 0 Å². The van der Waals surface area contributed by atoms with Crippen molar-refractivity contribution in [2.45, 2.75) is 98.3 Å². The van der Waals surface area contributed by atoms with E-state index in [2.05, 4.69) is 33.0 Å². The van der Waals surface area contributed by atoms with Crippen molar-refractivity contribution in [1.29, 1.82) is 0 Å². The molecule has 4 saturated carbocycles. The van der Waals surface area contributed by atoms with Gasteiger partial charge in [-0.15, -0.1) is 0 Å². The lowest BCUT2D eigenvalue weighted by molar-refractivity contribution is -0.186. The predicted molar refractivity (Wildman–Crippen MR) is 137 cm³/mol. The average molecular weight is 450 g/mol. The molecule has 4 fully saturated rings. The Balaban J connectivity index is 1.34. The number of amides is 1. The number of carbonyl (C=O) groups excluding carboxylic acids is 1. The van der Waals surface area contributed by atoms with E-state index in [1.165, 1.54) is 70.6 Å². The second kappa shape index (κ2) is 8.72. The van der Waals surface area contributed by atoms with Crippen molar-refractivity contribution in [3.05, 3.63) is 35.9 Å². The smallest absolute Gasteiger partial charge is 0.251 e. The standard InChI is InChI=1S/C31H47NO/c1-5-31-19-14-22(2)20-29(31,3)17-15-25-26-13-9-12-24(30(26,4)18-16-27(25)31)21-32-28(33)23-10-7-6-8-11-23/h6-8,10-11,22,24-27H,5,9,12-21H2,1-4H3,(H,32,33). The third kappa shape index (κ3) is 3.69. The van der Waals surface area contributed by atoms with E-state index >= 15 is 0 Å². The van der Waals surface area contributed by atoms with Gasteiger partial charge in [-0.2, -0.15) is 0 Å². The van der Waals surface area contributed by atoms with Gasteiger partial charge in [0.2, 0.25) is 0 Å². The van der Waals surface area contributed by atoms with Crippen molar-refractivity contribution < 1.29 is 4.79 Å². The van der Waals surface area contributed by atoms with E-state index < -0.39 is 0 Å². The second-order valence-electron chi connectivity index (χ2n) is 13.1. The van der Waals surface area contributed by atoms with Crippen molar-refractivity contribution >= 4 is 5.91 Å². The van der Waals surface area contributed by atoms with Crippen LogP contribution in [0.15, 0.2) is 30.3 Å². The molecule has 33 heavy (non-hydrogen) atoms. The SMILES string of the molecule is CCC12CCC(C)CC1(C)CCC1C3CCCC(CNC(=O)c4ccccc4)C3(C)CCC12. The molecule has 0 aliphatic heterocycles. The zero-order valence-corrected chi connectivity index (χ0v) is 21.7. The van der Waals surface area contributed by atoms with Gasteiger partial charge in [0.15, 0.2) is 0 Å². The third-order valence-electron chi connectivity index (χ3n) is 11.9. The summed E-state index contributed by atoms with van der Waals surface area (Å²) in [5.74, 6) is 4.34. The minimum absolute atomic E-state index is 0.102. The van der Waals surface area contributed by atoms with Crippen molar-refractivity contribution in [1.82, 2.24) is 5.32 Å². The zero-order valence-electron chi connectivity index (χ0n) is 21.7. The fraction of sp³-hybridized carbons (Fsp3) is 0.774. The minimum Gasteiger partial charge on any atom is -0.352 e. The lowest BCUT2D eigenvalue weighted by atomic mass is 9.37. The maximum atomic E-state index is 12.8. The molecule has 182 valence electrons. The third-order valence-corrected chi connectivity index (χ3v) is 11.9. The first-order chi connectivity index (χ1) is 15.8. The van der Waals surface area contributed by atoms with E-state index in [-0.39, 0.29) is 5.91 Å². The highest BCUT2D eigenvalue weighted by atomic mass is 16.1. The summed E-state index contributed by atoms with van der Waals surface area (Å²) in [5, 5.41) is 3.33. The Labute approximate surface area is 202 Å². The molecule has 2 heteroatoms. The molecule has 0 aromatic heterocycles. The molecule has 0 saturated heterocycles. The lowest BCUT2D eigenvalue weighted by Crippen LogP contribution is -2.60. The summed E-state index contributed by atoms with van der Waals surface area (Å²) in [6.45, 7) is 11.2. The first-order valence-electron chi connectivity index (χ1n) is 14.2. The van der Waals surface area contributed by atoms with E-state index in [9.17, 15) is 4.79 Å². The molecule has 1 N–H and O–H groups in total. The first kappa shape index (κ1) is 23.4. The number of rotatable bonds is 4. The van der Waals surface area contributed by atoms with Gasteiger partial charge in [-0.1, -0.05) is 58.7 Å². The van der Waals surface area contributed by atoms with Crippen LogP contribution < -0.4 is 5.32 Å². The van der Waals surface area contributed by atoms with Gasteiger partial charge >= 0.3 is 0 Å². The van der Waals surface area contributed by atoms with Gasteiger partial charge in [0.05, 0.1) is 0 Å². The lowest BCUT2D eigenvalue weighted by Gasteiger charge is -2.68. The highest BCUT2D eigenvalue weighted by Gasteiger charge is 2.63. The number of hydrogen-bond donors (Lipinski definition) is 1. The summed E-state index contributed by atoms with van der Waals surface area (Å²) < 4.78 is 0. The van der Waals surface area contributed by atoms with Crippen LogP contribution in [0, 0.1) is 45.8 Å². The molecular weight excluding hydrogens is 402 g/mol. The Morgan fingerprint density at radius 3 is 2.52 bits per heavy atom. The van der Waals surface area contributed by atoms with Gasteiger partial charge in [0.25, 0.3) is 5.91 Å². The second-order valence-corrected chi connectivity index (χ2v) is 13.1. The van der Waals surface area contributed by atoms with Crippen molar-refractivity contribution in [2.24, 2.45) is 45.8 Å². The van der Waals surface area contributed by atoms with Crippen LogP contribution in [0.25, 0.3) is 0 Å². The molecule has 1 aromatic rings. The van der Waals surface area contributed by atoms with Gasteiger partial charge in [-0.05, 0) is 116 Å². The highest BCUT2D eigenvalue weighted by molar-refractivity contribution is 5.94. The Hall–Kier alpha value is -1.31. The number of fused-ring (bicyclic) bond motifs is 5. The van der Waals surface area contributed by atoms with E-state index in [4.69, 9.17) is 0 Å². The molecule has 0 bridgehead atoms. The molecule has 4 aliphatic carbocycles. The van der Waals surface area contributed by atoms with Crippen molar-refractivity contribution in [3.8, 4) is 0 Å². The summed E-state index contributed by atoms with van der Waals surface area (Å²) >= 11 is 0. The monoisotopic (exact) mass is 449 g/mol. The number of nitrogens with one attached hydrogen (secondary N) is 1. The van der Waals surface area contributed by atoms with Crippen LogP contribution in [0.4, 0.5) is 0 Å². The fourth-order valence-electron chi connectivity index (χ4n) is 10.1. The predicted octanol–water partition coefficient (Wildman–Crippen LogP) is 7.88. The molecule has 2 nitrogen and oxygen atoms in total. The summed E-state index contributed by atoms with van der Waals surface area (Å²) in [6.07, 6.45) is 15.5. The summed E-state index contributed by atoms with van der Waals surface area (Å²) in [7, 11) is 0.